The van der Waals surface area contributed by atoms with Crippen LogP contribution < -0.4 is 26.8 Å². The van der Waals surface area contributed by atoms with E-state index < -0.39 is 41.6 Å². The Bertz CT molecular complexity index is 1560. The number of amides is 7. The second kappa shape index (κ2) is 10.5. The van der Waals surface area contributed by atoms with Gasteiger partial charge in [-0.15, -0.1) is 0 Å². The molecular formula is C23H17ClN8O6S. The van der Waals surface area contributed by atoms with Gasteiger partial charge in [0.05, 0.1) is 16.8 Å². The van der Waals surface area contributed by atoms with Crippen molar-refractivity contribution >= 4 is 75.1 Å². The molecule has 0 spiro atoms. The van der Waals surface area contributed by atoms with Crippen LogP contribution in [0.2, 0.25) is 5.15 Å². The normalized spacial score (nSPS) is 16.4. The molecule has 2 aromatic heterocycles. The van der Waals surface area contributed by atoms with Gasteiger partial charge in [0.25, 0.3) is 17.7 Å². The molecule has 5 N–H and O–H groups in total. The number of hydrogen-bond acceptors (Lipinski definition) is 10. The van der Waals surface area contributed by atoms with Gasteiger partial charge in [-0.25, -0.2) is 9.78 Å². The molecule has 39 heavy (non-hydrogen) atoms. The Hall–Kier alpha value is -4.89. The molecule has 4 heterocycles. The molecular weight excluding hydrogens is 552 g/mol. The maximum atomic E-state index is 13.1. The molecule has 16 heteroatoms. The molecule has 14 nitrogen and oxygen atoms in total. The van der Waals surface area contributed by atoms with Crippen LogP contribution >= 0.6 is 23.1 Å². The number of anilines is 3. The Labute approximate surface area is 228 Å². The van der Waals surface area contributed by atoms with E-state index in [1.54, 1.807) is 6.07 Å². The van der Waals surface area contributed by atoms with Crippen molar-refractivity contribution in [1.29, 1.82) is 0 Å². The predicted molar refractivity (Wildman–Crippen MR) is 138 cm³/mol. The van der Waals surface area contributed by atoms with Gasteiger partial charge >= 0.3 is 6.03 Å². The molecule has 1 atom stereocenters. The molecule has 1 aromatic carbocycles. The number of imide groups is 2. The Morgan fingerprint density at radius 1 is 1.08 bits per heavy atom. The summed E-state index contributed by atoms with van der Waals surface area (Å²) in [4.78, 5) is 79.3. The maximum absolute atomic E-state index is 13.1. The first-order valence-electron chi connectivity index (χ1n) is 11.3. The molecule has 198 valence electrons. The average molecular weight is 569 g/mol. The number of carbonyl (C=O) groups excluding carboxylic acids is 6. The number of fused-ring (bicyclic) bond motifs is 1. The van der Waals surface area contributed by atoms with Crippen molar-refractivity contribution in [3.63, 3.8) is 0 Å². The highest BCUT2D eigenvalue weighted by Gasteiger charge is 2.45. The molecule has 5 rings (SSSR count). The number of pyridine rings is 1. The highest BCUT2D eigenvalue weighted by atomic mass is 35.5. The third-order valence-corrected chi connectivity index (χ3v) is 6.65. The van der Waals surface area contributed by atoms with Crippen LogP contribution in [0.4, 0.5) is 21.2 Å². The van der Waals surface area contributed by atoms with Crippen molar-refractivity contribution in [2.24, 2.45) is 0 Å². The quantitative estimate of drug-likeness (QED) is 0.168. The monoisotopic (exact) mass is 568 g/mol. The van der Waals surface area contributed by atoms with Crippen LogP contribution in [0.15, 0.2) is 42.6 Å². The van der Waals surface area contributed by atoms with E-state index in [4.69, 9.17) is 11.6 Å². The minimum atomic E-state index is -1.12. The fraction of sp³-hybridized carbons (Fsp3) is 0.130. The van der Waals surface area contributed by atoms with Gasteiger partial charge in [-0.3, -0.25) is 50.4 Å². The summed E-state index contributed by atoms with van der Waals surface area (Å²) in [6, 6.07) is 7.05. The lowest BCUT2D eigenvalue weighted by Gasteiger charge is -2.27. The van der Waals surface area contributed by atoms with E-state index in [1.165, 1.54) is 36.5 Å². The van der Waals surface area contributed by atoms with Crippen molar-refractivity contribution in [3.05, 3.63) is 64.6 Å². The zero-order valence-electron chi connectivity index (χ0n) is 19.6. The number of carbonyl (C=O) groups is 6. The van der Waals surface area contributed by atoms with Crippen LogP contribution in [0.25, 0.3) is 0 Å². The van der Waals surface area contributed by atoms with Gasteiger partial charge in [-0.2, -0.15) is 4.37 Å². The molecule has 1 unspecified atom stereocenters. The van der Waals surface area contributed by atoms with E-state index in [-0.39, 0.29) is 45.5 Å². The van der Waals surface area contributed by atoms with Gasteiger partial charge in [0.2, 0.25) is 11.8 Å². The first-order chi connectivity index (χ1) is 18.7. The lowest BCUT2D eigenvalue weighted by atomic mass is 10.0. The van der Waals surface area contributed by atoms with E-state index in [1.807, 2.05) is 0 Å². The maximum Gasteiger partial charge on any atom is 0.324 e. The number of nitrogens with zero attached hydrogens (tertiary/aromatic N) is 3. The highest BCUT2D eigenvalue weighted by Crippen LogP contribution is 2.32. The lowest BCUT2D eigenvalue weighted by molar-refractivity contribution is -0.136. The van der Waals surface area contributed by atoms with Gasteiger partial charge in [0.1, 0.15) is 21.9 Å². The third kappa shape index (κ3) is 5.25. The summed E-state index contributed by atoms with van der Waals surface area (Å²) < 4.78 is 4.00. The number of halogens is 1. The van der Waals surface area contributed by atoms with E-state index in [0.29, 0.717) is 5.69 Å². The molecule has 7 amide bonds. The number of aromatic nitrogens is 2. The zero-order chi connectivity index (χ0) is 27.7. The number of hydrogen-bond donors (Lipinski definition) is 5. The van der Waals surface area contributed by atoms with Crippen LogP contribution in [-0.4, -0.2) is 55.9 Å². The van der Waals surface area contributed by atoms with Crippen molar-refractivity contribution < 1.29 is 28.8 Å². The number of piperidine rings is 1. The molecule has 2 aliphatic heterocycles. The smallest absolute Gasteiger partial charge is 0.308 e. The standard InChI is InChI=1S/C23H17ClN8O6S/c24-15-8-10(6-7-25-15)26-23(38)28-17-9-13(31-39-17)19(34)30-29-12-3-1-2-11-18(12)22(37)32(21(11)36)14-4-5-16(33)27-20(14)35/h1-3,6-9,14,29H,4-5H2,(H,30,34)(H,27,33,35)(H2,25,26,28,38). The Balaban J connectivity index is 1.23. The van der Waals surface area contributed by atoms with Gasteiger partial charge < -0.3 is 5.32 Å². The minimum absolute atomic E-state index is 0.00475. The summed E-state index contributed by atoms with van der Waals surface area (Å²) in [6.45, 7) is 0. The Kier molecular flexibility index (Phi) is 6.91. The van der Waals surface area contributed by atoms with Crippen LogP contribution in [0.1, 0.15) is 44.0 Å². The average Bonchev–Trinajstić information content (AvgIpc) is 3.45. The van der Waals surface area contributed by atoms with Crippen molar-refractivity contribution in [2.75, 3.05) is 16.1 Å². The van der Waals surface area contributed by atoms with E-state index in [9.17, 15) is 28.8 Å². The Morgan fingerprint density at radius 3 is 2.67 bits per heavy atom. The largest absolute Gasteiger partial charge is 0.324 e. The summed E-state index contributed by atoms with van der Waals surface area (Å²) in [5.74, 6) is -3.30. The molecule has 0 aliphatic carbocycles. The minimum Gasteiger partial charge on any atom is -0.308 e. The number of rotatable bonds is 6. The van der Waals surface area contributed by atoms with Gasteiger partial charge in [0, 0.05) is 24.4 Å². The summed E-state index contributed by atoms with van der Waals surface area (Å²) in [6.07, 6.45) is 1.44. The molecule has 2 aliphatic rings. The highest BCUT2D eigenvalue weighted by molar-refractivity contribution is 7.10. The second-order valence-corrected chi connectivity index (χ2v) is 9.47. The van der Waals surface area contributed by atoms with Gasteiger partial charge in [0.15, 0.2) is 0 Å². The van der Waals surface area contributed by atoms with Crippen LogP contribution in [0.5, 0.6) is 0 Å². The van der Waals surface area contributed by atoms with Crippen LogP contribution in [-0.2, 0) is 9.59 Å². The first kappa shape index (κ1) is 25.7. The van der Waals surface area contributed by atoms with Crippen molar-refractivity contribution in [1.82, 2.24) is 25.0 Å². The van der Waals surface area contributed by atoms with Gasteiger partial charge in [-0.05, 0) is 42.2 Å². The number of nitrogens with one attached hydrogen (secondary N) is 5. The first-order valence-corrected chi connectivity index (χ1v) is 12.4. The molecule has 0 radical (unpaired) electrons. The Morgan fingerprint density at radius 2 is 1.90 bits per heavy atom. The molecule has 0 bridgehead atoms. The topological polar surface area (TPSA) is 192 Å². The fourth-order valence-electron chi connectivity index (χ4n) is 4.00. The SMILES string of the molecule is O=C1CCC(N2C(=O)c3cccc(NNC(=O)c4cc(NC(=O)Nc5ccnc(Cl)c5)sn4)c3C2=O)C(=O)N1. The summed E-state index contributed by atoms with van der Waals surface area (Å²) >= 11 is 6.66. The molecule has 3 aromatic rings. The van der Waals surface area contributed by atoms with Crippen molar-refractivity contribution in [2.45, 2.75) is 18.9 Å². The van der Waals surface area contributed by atoms with Gasteiger partial charge in [-0.1, -0.05) is 17.7 Å². The zero-order valence-corrected chi connectivity index (χ0v) is 21.2. The third-order valence-electron chi connectivity index (χ3n) is 5.74. The second-order valence-electron chi connectivity index (χ2n) is 8.28. The molecule has 1 saturated heterocycles. The number of benzene rings is 1. The number of hydrazine groups is 1. The van der Waals surface area contributed by atoms with Crippen LogP contribution in [0, 0.1) is 0 Å². The van der Waals surface area contributed by atoms with E-state index in [2.05, 4.69) is 36.2 Å². The lowest BCUT2D eigenvalue weighted by Crippen LogP contribution is -2.54. The summed E-state index contributed by atoms with van der Waals surface area (Å²) in [5, 5.41) is 7.73. The van der Waals surface area contributed by atoms with E-state index >= 15 is 0 Å². The predicted octanol–water partition coefficient (Wildman–Crippen LogP) is 1.99. The summed E-state index contributed by atoms with van der Waals surface area (Å²) in [5.41, 5.74) is 5.54. The van der Waals surface area contributed by atoms with Crippen LogP contribution in [0.3, 0.4) is 0 Å². The number of urea groups is 1. The van der Waals surface area contributed by atoms with Crippen molar-refractivity contribution in [3.8, 4) is 0 Å². The molecule has 1 fully saturated rings. The van der Waals surface area contributed by atoms with E-state index in [0.717, 1.165) is 16.4 Å². The molecule has 0 saturated carbocycles. The summed E-state index contributed by atoms with van der Waals surface area (Å²) in [7, 11) is 0. The fourth-order valence-corrected chi connectivity index (χ4v) is 4.81.